The molecular weight excluding hydrogens is 321 g/mol. The number of allylic oxidation sites excluding steroid dienone is 1. The Bertz CT molecular complexity index is 764. The van der Waals surface area contributed by atoms with Crippen LogP contribution >= 0.6 is 23.2 Å². The highest BCUT2D eigenvalue weighted by Gasteiger charge is 2.10. The van der Waals surface area contributed by atoms with Crippen molar-refractivity contribution < 1.29 is 9.47 Å². The van der Waals surface area contributed by atoms with E-state index in [1.807, 2.05) is 6.07 Å². The van der Waals surface area contributed by atoms with Crippen molar-refractivity contribution in [1.82, 2.24) is 0 Å². The lowest BCUT2D eigenvalue weighted by Crippen LogP contribution is -1.92. The van der Waals surface area contributed by atoms with Crippen LogP contribution in [0.25, 0.3) is 11.6 Å². The van der Waals surface area contributed by atoms with Gasteiger partial charge in [0.05, 0.1) is 30.9 Å². The third-order valence-corrected chi connectivity index (χ3v) is 3.62. The normalized spacial score (nSPS) is 11.0. The maximum Gasteiger partial charge on any atom is 0.162 e. The first-order valence-electron chi connectivity index (χ1n) is 6.38. The molecule has 0 heterocycles. The summed E-state index contributed by atoms with van der Waals surface area (Å²) in [6.07, 6.45) is 1.69. The van der Waals surface area contributed by atoms with E-state index in [1.54, 1.807) is 43.5 Å². The molecule has 2 aromatic carbocycles. The zero-order chi connectivity index (χ0) is 16.1. The van der Waals surface area contributed by atoms with Gasteiger partial charge in [0.2, 0.25) is 0 Å². The van der Waals surface area contributed by atoms with E-state index in [4.69, 9.17) is 32.7 Å². The molecule has 112 valence electrons. The molecule has 0 bridgehead atoms. The van der Waals surface area contributed by atoms with Crippen molar-refractivity contribution in [3.8, 4) is 17.6 Å². The van der Waals surface area contributed by atoms with E-state index in [2.05, 4.69) is 6.07 Å². The molecule has 0 saturated heterocycles. The highest BCUT2D eigenvalue weighted by Crippen LogP contribution is 2.35. The van der Waals surface area contributed by atoms with E-state index in [9.17, 15) is 5.26 Å². The summed E-state index contributed by atoms with van der Waals surface area (Å²) >= 11 is 12.2. The number of hydrogen-bond acceptors (Lipinski definition) is 3. The molecule has 2 aromatic rings. The molecule has 22 heavy (non-hydrogen) atoms. The molecule has 0 aliphatic carbocycles. The number of rotatable bonds is 4. The van der Waals surface area contributed by atoms with Gasteiger partial charge in [-0.1, -0.05) is 35.3 Å². The van der Waals surface area contributed by atoms with Crippen LogP contribution in [0.5, 0.6) is 11.5 Å². The Kier molecular flexibility index (Phi) is 5.32. The summed E-state index contributed by atoms with van der Waals surface area (Å²) in [6.45, 7) is 0. The van der Waals surface area contributed by atoms with Gasteiger partial charge in [-0.2, -0.15) is 5.26 Å². The van der Waals surface area contributed by atoms with Crippen LogP contribution in [0, 0.1) is 11.3 Å². The fourth-order valence-electron chi connectivity index (χ4n) is 1.97. The Morgan fingerprint density at radius 3 is 2.36 bits per heavy atom. The second kappa shape index (κ2) is 7.22. The van der Waals surface area contributed by atoms with Gasteiger partial charge in [0, 0.05) is 11.1 Å². The number of benzene rings is 2. The third kappa shape index (κ3) is 3.54. The largest absolute Gasteiger partial charge is 0.493 e. The smallest absolute Gasteiger partial charge is 0.162 e. The maximum atomic E-state index is 9.39. The van der Waals surface area contributed by atoms with Crippen LogP contribution in [0.3, 0.4) is 0 Å². The Balaban J connectivity index is 2.53. The van der Waals surface area contributed by atoms with Gasteiger partial charge in [-0.25, -0.2) is 0 Å². The molecule has 0 aromatic heterocycles. The fraction of sp³-hybridized carbons (Fsp3) is 0.118. The molecule has 0 atom stereocenters. The van der Waals surface area contributed by atoms with Gasteiger partial charge in [0.25, 0.3) is 0 Å². The SMILES string of the molecule is COc1cc(Cl)c(/C=C(\C#N)c2cccc(Cl)c2)cc1OC. The first-order chi connectivity index (χ1) is 10.6. The molecule has 0 saturated carbocycles. The predicted octanol–water partition coefficient (Wildman–Crippen LogP) is 5.07. The third-order valence-electron chi connectivity index (χ3n) is 3.06. The van der Waals surface area contributed by atoms with Crippen LogP contribution in [0.2, 0.25) is 10.0 Å². The van der Waals surface area contributed by atoms with E-state index in [-0.39, 0.29) is 0 Å². The van der Waals surface area contributed by atoms with Crippen molar-refractivity contribution in [1.29, 1.82) is 5.26 Å². The molecule has 0 aliphatic heterocycles. The van der Waals surface area contributed by atoms with E-state index >= 15 is 0 Å². The highest BCUT2D eigenvalue weighted by molar-refractivity contribution is 6.32. The number of ether oxygens (including phenoxy) is 2. The van der Waals surface area contributed by atoms with Crippen LogP contribution in [-0.2, 0) is 0 Å². The van der Waals surface area contributed by atoms with E-state index < -0.39 is 0 Å². The molecule has 0 spiro atoms. The molecule has 0 fully saturated rings. The van der Waals surface area contributed by atoms with Gasteiger partial charge in [-0.05, 0) is 35.4 Å². The molecule has 0 amide bonds. The lowest BCUT2D eigenvalue weighted by Gasteiger charge is -2.10. The molecule has 2 rings (SSSR count). The van der Waals surface area contributed by atoms with Crippen molar-refractivity contribution in [2.75, 3.05) is 14.2 Å². The topological polar surface area (TPSA) is 42.2 Å². The van der Waals surface area contributed by atoms with Crippen LogP contribution in [0.4, 0.5) is 0 Å². The number of hydrogen-bond donors (Lipinski definition) is 0. The number of methoxy groups -OCH3 is 2. The lowest BCUT2D eigenvalue weighted by atomic mass is 10.0. The summed E-state index contributed by atoms with van der Waals surface area (Å²) in [5.41, 5.74) is 1.84. The molecular formula is C17H13Cl2NO2. The van der Waals surface area contributed by atoms with E-state index in [1.165, 1.54) is 7.11 Å². The van der Waals surface area contributed by atoms with Gasteiger partial charge in [-0.15, -0.1) is 0 Å². The van der Waals surface area contributed by atoms with Crippen LogP contribution < -0.4 is 9.47 Å². The van der Waals surface area contributed by atoms with Crippen molar-refractivity contribution in [2.24, 2.45) is 0 Å². The van der Waals surface area contributed by atoms with Gasteiger partial charge in [-0.3, -0.25) is 0 Å². The van der Waals surface area contributed by atoms with Crippen LogP contribution in [0.1, 0.15) is 11.1 Å². The maximum absolute atomic E-state index is 9.39. The number of halogens is 2. The van der Waals surface area contributed by atoms with E-state index in [0.717, 1.165) is 5.56 Å². The van der Waals surface area contributed by atoms with Gasteiger partial charge in [0.15, 0.2) is 11.5 Å². The summed E-state index contributed by atoms with van der Waals surface area (Å²) in [7, 11) is 3.08. The highest BCUT2D eigenvalue weighted by atomic mass is 35.5. The average Bonchev–Trinajstić information content (AvgIpc) is 2.53. The van der Waals surface area contributed by atoms with Crippen LogP contribution in [0.15, 0.2) is 36.4 Å². The van der Waals surface area contributed by atoms with Crippen molar-refractivity contribution >= 4 is 34.9 Å². The quantitative estimate of drug-likeness (QED) is 0.579. The minimum absolute atomic E-state index is 0.455. The Labute approximate surface area is 139 Å². The second-order valence-electron chi connectivity index (χ2n) is 4.41. The predicted molar refractivity (Wildman–Crippen MR) is 89.5 cm³/mol. The molecule has 0 unspecified atom stereocenters. The lowest BCUT2D eigenvalue weighted by molar-refractivity contribution is 0.355. The average molecular weight is 334 g/mol. The van der Waals surface area contributed by atoms with Gasteiger partial charge < -0.3 is 9.47 Å². The first kappa shape index (κ1) is 16.2. The fourth-order valence-corrected chi connectivity index (χ4v) is 2.37. The summed E-state index contributed by atoms with van der Waals surface area (Å²) in [5.74, 6) is 1.08. The second-order valence-corrected chi connectivity index (χ2v) is 5.25. The summed E-state index contributed by atoms with van der Waals surface area (Å²) < 4.78 is 10.4. The molecule has 0 radical (unpaired) electrons. The van der Waals surface area contributed by atoms with Crippen LogP contribution in [-0.4, -0.2) is 14.2 Å². The zero-order valence-corrected chi connectivity index (χ0v) is 13.6. The molecule has 3 nitrogen and oxygen atoms in total. The number of nitrogens with zero attached hydrogens (tertiary/aromatic N) is 1. The summed E-state index contributed by atoms with van der Waals surface area (Å²) in [5, 5.41) is 10.4. The van der Waals surface area contributed by atoms with Gasteiger partial charge in [0.1, 0.15) is 0 Å². The van der Waals surface area contributed by atoms with Crippen molar-refractivity contribution in [2.45, 2.75) is 0 Å². The minimum atomic E-state index is 0.455. The van der Waals surface area contributed by atoms with E-state index in [0.29, 0.717) is 32.7 Å². The molecule has 5 heteroatoms. The Morgan fingerprint density at radius 1 is 1.09 bits per heavy atom. The zero-order valence-electron chi connectivity index (χ0n) is 12.1. The number of nitriles is 1. The Hall–Kier alpha value is -2.15. The Morgan fingerprint density at radius 2 is 1.77 bits per heavy atom. The minimum Gasteiger partial charge on any atom is -0.493 e. The monoisotopic (exact) mass is 333 g/mol. The first-order valence-corrected chi connectivity index (χ1v) is 7.14. The molecule has 0 N–H and O–H groups in total. The standard InChI is InChI=1S/C17H13Cl2NO2/c1-21-16-8-12(15(19)9-17(16)22-2)6-13(10-20)11-4-3-5-14(18)7-11/h3-9H,1-2H3/b13-6+. The van der Waals surface area contributed by atoms with Gasteiger partial charge >= 0.3 is 0 Å². The van der Waals surface area contributed by atoms with Crippen molar-refractivity contribution in [3.05, 3.63) is 57.6 Å². The summed E-state index contributed by atoms with van der Waals surface area (Å²) in [4.78, 5) is 0. The molecule has 0 aliphatic rings. The summed E-state index contributed by atoms with van der Waals surface area (Å²) in [6, 6.07) is 12.6. The van der Waals surface area contributed by atoms with Crippen molar-refractivity contribution in [3.63, 3.8) is 0 Å².